The van der Waals surface area contributed by atoms with Gasteiger partial charge in [-0.25, -0.2) is 0 Å². The molecule has 200 valence electrons. The molecule has 0 radical (unpaired) electrons. The number of nitrogens with two attached hydrogens (primary N) is 1. The molecule has 3 heterocycles. The van der Waals surface area contributed by atoms with Crippen molar-refractivity contribution in [3.63, 3.8) is 0 Å². The number of nitrogens with zero attached hydrogens (tertiary/aromatic N) is 2. The van der Waals surface area contributed by atoms with Crippen LogP contribution in [0.15, 0.2) is 18.2 Å². The number of hydrogen-bond acceptors (Lipinski definition) is 7. The van der Waals surface area contributed by atoms with Gasteiger partial charge in [-0.05, 0) is 49.4 Å². The third-order valence-electron chi connectivity index (χ3n) is 7.67. The van der Waals surface area contributed by atoms with Crippen molar-refractivity contribution in [1.82, 2.24) is 9.80 Å². The Labute approximate surface area is 213 Å². The lowest BCUT2D eigenvalue weighted by Gasteiger charge is -2.30. The van der Waals surface area contributed by atoms with E-state index in [0.29, 0.717) is 58.8 Å². The molecular weight excluding hydrogens is 462 g/mol. The Morgan fingerprint density at radius 3 is 2.64 bits per heavy atom. The summed E-state index contributed by atoms with van der Waals surface area (Å²) < 4.78 is 16.9. The predicted molar refractivity (Wildman–Crippen MR) is 135 cm³/mol. The van der Waals surface area contributed by atoms with Crippen LogP contribution in [-0.4, -0.2) is 91.7 Å². The van der Waals surface area contributed by atoms with Gasteiger partial charge in [-0.2, -0.15) is 0 Å². The SMILES string of the molecule is CCCCN(CCCN)C(=O)CN1CC(c2ccc3c(c2)CCO3)C(C(=O)O)C1CCC1OCCO1. The van der Waals surface area contributed by atoms with E-state index in [1.807, 2.05) is 17.0 Å². The van der Waals surface area contributed by atoms with E-state index in [1.54, 1.807) is 0 Å². The largest absolute Gasteiger partial charge is 0.493 e. The number of carboxylic acid groups (broad SMARTS) is 1. The number of hydrogen-bond donors (Lipinski definition) is 2. The average Bonchev–Trinajstić information content (AvgIpc) is 3.62. The number of fused-ring (bicyclic) bond motifs is 1. The molecule has 2 fully saturated rings. The van der Waals surface area contributed by atoms with Crippen molar-refractivity contribution in [1.29, 1.82) is 0 Å². The first kappa shape index (κ1) is 26.9. The quantitative estimate of drug-likeness (QED) is 0.421. The summed E-state index contributed by atoms with van der Waals surface area (Å²) >= 11 is 0. The molecule has 36 heavy (non-hydrogen) atoms. The number of carboxylic acids is 1. The Morgan fingerprint density at radius 1 is 1.14 bits per heavy atom. The van der Waals surface area contributed by atoms with Gasteiger partial charge in [0.1, 0.15) is 5.75 Å². The van der Waals surface area contributed by atoms with Crippen molar-refractivity contribution in [2.75, 3.05) is 52.5 Å². The fraction of sp³-hybridized carbons (Fsp3) is 0.704. The van der Waals surface area contributed by atoms with E-state index < -0.39 is 11.9 Å². The Bertz CT molecular complexity index is 882. The Balaban J connectivity index is 1.55. The maximum absolute atomic E-state index is 13.4. The lowest BCUT2D eigenvalue weighted by Crippen LogP contribution is -2.45. The molecule has 3 unspecified atom stereocenters. The van der Waals surface area contributed by atoms with E-state index in [0.717, 1.165) is 42.6 Å². The summed E-state index contributed by atoms with van der Waals surface area (Å²) in [5, 5.41) is 10.4. The lowest BCUT2D eigenvalue weighted by molar-refractivity contribution is -0.144. The summed E-state index contributed by atoms with van der Waals surface area (Å²) in [5.41, 5.74) is 7.85. The molecule has 3 atom stereocenters. The van der Waals surface area contributed by atoms with Gasteiger partial charge in [0.15, 0.2) is 6.29 Å². The Hall–Kier alpha value is -2.20. The number of ether oxygens (including phenoxy) is 3. The highest BCUT2D eigenvalue weighted by molar-refractivity contribution is 5.79. The van der Waals surface area contributed by atoms with Crippen LogP contribution in [0.5, 0.6) is 5.75 Å². The maximum Gasteiger partial charge on any atom is 0.308 e. The molecule has 9 heteroatoms. The van der Waals surface area contributed by atoms with Crippen LogP contribution >= 0.6 is 0 Å². The fourth-order valence-corrected chi connectivity index (χ4v) is 5.77. The summed E-state index contributed by atoms with van der Waals surface area (Å²) in [4.78, 5) is 30.1. The van der Waals surface area contributed by atoms with Crippen molar-refractivity contribution in [2.45, 2.75) is 63.7 Å². The summed E-state index contributed by atoms with van der Waals surface area (Å²) in [7, 11) is 0. The van der Waals surface area contributed by atoms with Crippen molar-refractivity contribution < 1.29 is 28.9 Å². The van der Waals surface area contributed by atoms with Gasteiger partial charge in [0, 0.05) is 38.0 Å². The van der Waals surface area contributed by atoms with Crippen LogP contribution in [0.25, 0.3) is 0 Å². The van der Waals surface area contributed by atoms with Crippen LogP contribution in [0, 0.1) is 5.92 Å². The van der Waals surface area contributed by atoms with Crippen LogP contribution in [0.4, 0.5) is 0 Å². The van der Waals surface area contributed by atoms with E-state index in [-0.39, 0.29) is 30.7 Å². The third kappa shape index (κ3) is 6.37. The van der Waals surface area contributed by atoms with Crippen molar-refractivity contribution in [3.05, 3.63) is 29.3 Å². The minimum absolute atomic E-state index is 0.0439. The lowest BCUT2D eigenvalue weighted by atomic mass is 9.83. The summed E-state index contributed by atoms with van der Waals surface area (Å²) in [6.45, 7) is 6.50. The van der Waals surface area contributed by atoms with Gasteiger partial charge in [0.05, 0.1) is 32.3 Å². The highest BCUT2D eigenvalue weighted by Gasteiger charge is 2.47. The van der Waals surface area contributed by atoms with E-state index in [2.05, 4.69) is 17.9 Å². The Kier molecular flexibility index (Phi) is 9.59. The molecule has 3 N–H and O–H groups in total. The zero-order valence-electron chi connectivity index (χ0n) is 21.4. The van der Waals surface area contributed by atoms with Gasteiger partial charge in [-0.3, -0.25) is 14.5 Å². The van der Waals surface area contributed by atoms with Crippen LogP contribution < -0.4 is 10.5 Å². The first-order valence-electron chi connectivity index (χ1n) is 13.4. The fourth-order valence-electron chi connectivity index (χ4n) is 5.77. The van der Waals surface area contributed by atoms with E-state index in [1.165, 1.54) is 0 Å². The number of benzene rings is 1. The smallest absolute Gasteiger partial charge is 0.308 e. The summed E-state index contributed by atoms with van der Waals surface area (Å²) in [6.07, 6.45) is 4.43. The normalized spacial score (nSPS) is 24.1. The minimum atomic E-state index is -0.823. The monoisotopic (exact) mass is 503 g/mol. The van der Waals surface area contributed by atoms with Gasteiger partial charge < -0.3 is 30.0 Å². The van der Waals surface area contributed by atoms with Crippen LogP contribution in [-0.2, 0) is 25.5 Å². The van der Waals surface area contributed by atoms with E-state index in [9.17, 15) is 14.7 Å². The van der Waals surface area contributed by atoms with Crippen LogP contribution in [0.1, 0.15) is 56.1 Å². The standard InChI is InChI=1S/C27H41N3O6/c1-2-3-11-29(12-4-10-28)24(31)18-30-17-21(19-5-7-23-20(16-19)9-13-34-23)26(27(32)33)22(30)6-8-25-35-14-15-36-25/h5,7,16,21-22,25-26H,2-4,6,8-15,17-18,28H2,1H3,(H,32,33). The number of rotatable bonds is 13. The molecular formula is C27H41N3O6. The first-order chi connectivity index (χ1) is 17.5. The van der Waals surface area contributed by atoms with Gasteiger partial charge >= 0.3 is 5.97 Å². The zero-order chi connectivity index (χ0) is 25.5. The molecule has 3 aliphatic heterocycles. The summed E-state index contributed by atoms with van der Waals surface area (Å²) in [5.74, 6) is -0.718. The molecule has 9 nitrogen and oxygen atoms in total. The number of aliphatic carboxylic acids is 1. The van der Waals surface area contributed by atoms with Gasteiger partial charge in [-0.1, -0.05) is 25.5 Å². The number of carbonyl (C=O) groups is 2. The van der Waals surface area contributed by atoms with Crippen molar-refractivity contribution >= 4 is 11.9 Å². The highest BCUT2D eigenvalue weighted by Crippen LogP contribution is 2.41. The van der Waals surface area contributed by atoms with Gasteiger partial charge in [0.2, 0.25) is 5.91 Å². The zero-order valence-corrected chi connectivity index (χ0v) is 21.4. The molecule has 1 aromatic rings. The number of carbonyl (C=O) groups excluding carboxylic acids is 1. The number of unbranched alkanes of at least 4 members (excludes halogenated alkanes) is 1. The molecule has 0 aliphatic carbocycles. The Morgan fingerprint density at radius 2 is 1.92 bits per heavy atom. The molecule has 4 rings (SSSR count). The molecule has 1 amide bonds. The molecule has 0 saturated carbocycles. The van der Waals surface area contributed by atoms with E-state index >= 15 is 0 Å². The number of amides is 1. The third-order valence-corrected chi connectivity index (χ3v) is 7.67. The molecule has 0 bridgehead atoms. The van der Waals surface area contributed by atoms with E-state index in [4.69, 9.17) is 19.9 Å². The summed E-state index contributed by atoms with van der Waals surface area (Å²) in [6, 6.07) is 5.77. The second-order valence-corrected chi connectivity index (χ2v) is 10.1. The minimum Gasteiger partial charge on any atom is -0.493 e. The number of likely N-dealkylation sites (tertiary alicyclic amines) is 1. The topological polar surface area (TPSA) is 115 Å². The van der Waals surface area contributed by atoms with Gasteiger partial charge in [-0.15, -0.1) is 0 Å². The second-order valence-electron chi connectivity index (χ2n) is 10.1. The van der Waals surface area contributed by atoms with Crippen molar-refractivity contribution in [2.24, 2.45) is 11.7 Å². The average molecular weight is 504 g/mol. The van der Waals surface area contributed by atoms with Crippen molar-refractivity contribution in [3.8, 4) is 5.75 Å². The molecule has 1 aromatic carbocycles. The highest BCUT2D eigenvalue weighted by atomic mass is 16.7. The molecule has 0 spiro atoms. The van der Waals surface area contributed by atoms with Crippen LogP contribution in [0.3, 0.4) is 0 Å². The molecule has 2 saturated heterocycles. The van der Waals surface area contributed by atoms with Crippen LogP contribution in [0.2, 0.25) is 0 Å². The molecule has 0 aromatic heterocycles. The second kappa shape index (κ2) is 12.9. The maximum atomic E-state index is 13.4. The first-order valence-corrected chi connectivity index (χ1v) is 13.4. The molecule has 3 aliphatic rings. The predicted octanol–water partition coefficient (Wildman–Crippen LogP) is 2.22. The van der Waals surface area contributed by atoms with Gasteiger partial charge in [0.25, 0.3) is 0 Å².